The van der Waals surface area contributed by atoms with Gasteiger partial charge in [0.15, 0.2) is 0 Å². The number of ether oxygens (including phenoxy) is 2. The summed E-state index contributed by atoms with van der Waals surface area (Å²) in [5.41, 5.74) is 8.03. The molecule has 2 aromatic carbocycles. The minimum absolute atomic E-state index is 0.470. The first kappa shape index (κ1) is 20.6. The van der Waals surface area contributed by atoms with Gasteiger partial charge in [-0.05, 0) is 60.7 Å². The van der Waals surface area contributed by atoms with E-state index in [1.54, 1.807) is 26.5 Å². The molecule has 0 radical (unpaired) electrons. The highest BCUT2D eigenvalue weighted by Gasteiger charge is 2.20. The lowest BCUT2D eigenvalue weighted by Crippen LogP contribution is -2.06. The zero-order chi connectivity index (χ0) is 22.1. The number of hydrogen-bond acceptors (Lipinski definition) is 4. The number of halogens is 1. The van der Waals surface area contributed by atoms with Gasteiger partial charge >= 0.3 is 0 Å². The monoisotopic (exact) mass is 445 g/mol. The number of benzene rings is 2. The minimum Gasteiger partial charge on any atom is -0.497 e. The molecule has 0 saturated carbocycles. The lowest BCUT2D eigenvalue weighted by Gasteiger charge is -2.14. The van der Waals surface area contributed by atoms with Gasteiger partial charge in [-0.15, -0.1) is 0 Å². The van der Waals surface area contributed by atoms with E-state index in [9.17, 15) is 0 Å². The molecule has 0 saturated heterocycles. The lowest BCUT2D eigenvalue weighted by molar-refractivity contribution is 0.389. The van der Waals surface area contributed by atoms with Gasteiger partial charge in [-0.3, -0.25) is 4.68 Å². The van der Waals surface area contributed by atoms with Crippen molar-refractivity contribution in [2.75, 3.05) is 14.2 Å². The van der Waals surface area contributed by atoms with Gasteiger partial charge < -0.3 is 9.47 Å². The molecule has 1 aliphatic carbocycles. The van der Waals surface area contributed by atoms with Crippen molar-refractivity contribution in [3.8, 4) is 34.0 Å². The third kappa shape index (κ3) is 3.84. The van der Waals surface area contributed by atoms with Crippen LogP contribution in [0.1, 0.15) is 23.1 Å². The largest absolute Gasteiger partial charge is 0.497 e. The highest BCUT2D eigenvalue weighted by Crippen LogP contribution is 2.35. The normalized spacial score (nSPS) is 12.6. The Labute approximate surface area is 192 Å². The molecule has 2 aromatic heterocycles. The summed E-state index contributed by atoms with van der Waals surface area (Å²) < 4.78 is 13.1. The average molecular weight is 446 g/mol. The Morgan fingerprint density at radius 1 is 1.00 bits per heavy atom. The third-order valence-corrected chi connectivity index (χ3v) is 6.26. The van der Waals surface area contributed by atoms with E-state index >= 15 is 0 Å². The van der Waals surface area contributed by atoms with Crippen LogP contribution in [-0.2, 0) is 19.4 Å². The maximum absolute atomic E-state index is 6.00. The van der Waals surface area contributed by atoms with Crippen LogP contribution in [0.15, 0.2) is 60.8 Å². The smallest absolute Gasteiger partial charge is 0.129 e. The van der Waals surface area contributed by atoms with Gasteiger partial charge in [0.05, 0.1) is 32.2 Å². The second-order valence-corrected chi connectivity index (χ2v) is 8.30. The topological polar surface area (TPSA) is 49.2 Å². The molecule has 0 amide bonds. The molecule has 6 heteroatoms. The summed E-state index contributed by atoms with van der Waals surface area (Å²) >= 11 is 6.00. The van der Waals surface area contributed by atoms with Crippen molar-refractivity contribution >= 4 is 11.6 Å². The Morgan fingerprint density at radius 3 is 2.69 bits per heavy atom. The minimum atomic E-state index is 0.470. The van der Waals surface area contributed by atoms with Crippen molar-refractivity contribution in [1.29, 1.82) is 0 Å². The molecule has 1 aliphatic rings. The summed E-state index contributed by atoms with van der Waals surface area (Å²) in [6, 6.07) is 18.4. The number of methoxy groups -OCH3 is 2. The van der Waals surface area contributed by atoms with Gasteiger partial charge in [0, 0.05) is 29.0 Å². The molecular formula is C26H24ClN3O2. The van der Waals surface area contributed by atoms with Crippen LogP contribution in [0.5, 0.6) is 11.5 Å². The van der Waals surface area contributed by atoms with Crippen molar-refractivity contribution in [3.05, 3.63) is 82.6 Å². The van der Waals surface area contributed by atoms with Crippen LogP contribution in [0.2, 0.25) is 5.15 Å². The quantitative estimate of drug-likeness (QED) is 0.351. The van der Waals surface area contributed by atoms with E-state index in [1.165, 1.54) is 23.1 Å². The number of fused-ring (bicyclic) bond motifs is 1. The Balaban J connectivity index is 1.63. The zero-order valence-electron chi connectivity index (χ0n) is 18.1. The van der Waals surface area contributed by atoms with E-state index in [-0.39, 0.29) is 0 Å². The second kappa shape index (κ2) is 8.67. The van der Waals surface area contributed by atoms with Crippen LogP contribution >= 0.6 is 11.6 Å². The van der Waals surface area contributed by atoms with E-state index in [0.29, 0.717) is 11.7 Å². The summed E-state index contributed by atoms with van der Waals surface area (Å²) in [5, 5.41) is 5.44. The van der Waals surface area contributed by atoms with Crippen LogP contribution < -0.4 is 9.47 Å². The number of nitrogens with zero attached hydrogens (tertiary/aromatic N) is 3. The lowest BCUT2D eigenvalue weighted by atomic mass is 10.00. The van der Waals surface area contributed by atoms with Crippen molar-refractivity contribution in [2.24, 2.45) is 0 Å². The van der Waals surface area contributed by atoms with Gasteiger partial charge in [0.1, 0.15) is 16.7 Å². The van der Waals surface area contributed by atoms with E-state index in [4.69, 9.17) is 26.2 Å². The highest BCUT2D eigenvalue weighted by molar-refractivity contribution is 6.29. The number of rotatable bonds is 6. The number of aromatic nitrogens is 3. The standard InChI is InChI=1S/C26H24ClN3O2/c1-31-20-11-9-19(25(13-20)32-2)16-30-24(22-8-4-6-17-5-3-7-21(17)22)14-23(29-30)18-10-12-26(27)28-15-18/h4,6,8-15H,3,5,7,16H2,1-2H3. The molecule has 4 aromatic rings. The van der Waals surface area contributed by atoms with Gasteiger partial charge in [0.25, 0.3) is 0 Å². The summed E-state index contributed by atoms with van der Waals surface area (Å²) in [6.45, 7) is 0.577. The van der Waals surface area contributed by atoms with Crippen molar-refractivity contribution < 1.29 is 9.47 Å². The molecule has 5 rings (SSSR count). The van der Waals surface area contributed by atoms with Crippen LogP contribution in [-0.4, -0.2) is 29.0 Å². The van der Waals surface area contributed by atoms with Crippen LogP contribution in [0.4, 0.5) is 0 Å². The van der Waals surface area contributed by atoms with Crippen molar-refractivity contribution in [1.82, 2.24) is 14.8 Å². The first-order valence-electron chi connectivity index (χ1n) is 10.7. The van der Waals surface area contributed by atoms with Gasteiger partial charge in [-0.25, -0.2) is 4.98 Å². The number of aryl methyl sites for hydroxylation is 1. The summed E-state index contributed by atoms with van der Waals surface area (Å²) in [5.74, 6) is 1.54. The fourth-order valence-electron chi connectivity index (χ4n) is 4.43. The molecule has 0 N–H and O–H groups in total. The predicted octanol–water partition coefficient (Wildman–Crippen LogP) is 5.82. The molecule has 0 spiro atoms. The second-order valence-electron chi connectivity index (χ2n) is 7.92. The van der Waals surface area contributed by atoms with E-state index in [0.717, 1.165) is 46.9 Å². The highest BCUT2D eigenvalue weighted by atomic mass is 35.5. The van der Waals surface area contributed by atoms with Gasteiger partial charge in [-0.1, -0.05) is 29.8 Å². The Kier molecular flexibility index (Phi) is 5.58. The first-order valence-corrected chi connectivity index (χ1v) is 11.1. The summed E-state index contributed by atoms with van der Waals surface area (Å²) in [4.78, 5) is 4.24. The van der Waals surface area contributed by atoms with Crippen LogP contribution in [0.25, 0.3) is 22.5 Å². The maximum atomic E-state index is 6.00. The molecule has 32 heavy (non-hydrogen) atoms. The molecule has 0 fully saturated rings. The third-order valence-electron chi connectivity index (χ3n) is 6.04. The number of hydrogen-bond donors (Lipinski definition) is 0. The first-order chi connectivity index (χ1) is 15.7. The fourth-order valence-corrected chi connectivity index (χ4v) is 4.54. The molecule has 2 heterocycles. The zero-order valence-corrected chi connectivity index (χ0v) is 18.9. The van der Waals surface area contributed by atoms with E-state index in [2.05, 4.69) is 33.9 Å². The number of pyridine rings is 1. The summed E-state index contributed by atoms with van der Waals surface area (Å²) in [7, 11) is 3.33. The molecule has 5 nitrogen and oxygen atoms in total. The Morgan fingerprint density at radius 2 is 1.91 bits per heavy atom. The fraction of sp³-hybridized carbons (Fsp3) is 0.231. The predicted molar refractivity (Wildman–Crippen MR) is 127 cm³/mol. The molecule has 0 atom stereocenters. The SMILES string of the molecule is COc1ccc(Cn2nc(-c3ccc(Cl)nc3)cc2-c2cccc3c2CCC3)c(OC)c1. The van der Waals surface area contributed by atoms with E-state index < -0.39 is 0 Å². The average Bonchev–Trinajstić information content (AvgIpc) is 3.47. The molecular weight excluding hydrogens is 422 g/mol. The Bertz CT molecular complexity index is 1260. The van der Waals surface area contributed by atoms with Crippen molar-refractivity contribution in [3.63, 3.8) is 0 Å². The van der Waals surface area contributed by atoms with E-state index in [1.807, 2.05) is 24.3 Å². The van der Waals surface area contributed by atoms with Gasteiger partial charge in [-0.2, -0.15) is 5.10 Å². The van der Waals surface area contributed by atoms with Gasteiger partial charge in [0.2, 0.25) is 0 Å². The van der Waals surface area contributed by atoms with Crippen molar-refractivity contribution in [2.45, 2.75) is 25.8 Å². The van der Waals surface area contributed by atoms with Crippen LogP contribution in [0.3, 0.4) is 0 Å². The molecule has 0 bridgehead atoms. The molecule has 0 aliphatic heterocycles. The Hall–Kier alpha value is -3.31. The molecule has 162 valence electrons. The maximum Gasteiger partial charge on any atom is 0.129 e. The summed E-state index contributed by atoms with van der Waals surface area (Å²) in [6.07, 6.45) is 5.20. The molecule has 0 unspecified atom stereocenters. The van der Waals surface area contributed by atoms with Crippen LogP contribution in [0, 0.1) is 0 Å².